The summed E-state index contributed by atoms with van der Waals surface area (Å²) in [5.74, 6) is 2.52. The van der Waals surface area contributed by atoms with Crippen LogP contribution in [0.15, 0.2) is 24.3 Å². The molecule has 0 amide bonds. The zero-order chi connectivity index (χ0) is 10.5. The third-order valence-corrected chi connectivity index (χ3v) is 3.66. The fourth-order valence-corrected chi connectivity index (χ4v) is 2.75. The molecule has 0 unspecified atom stereocenters. The average molecular weight is 223 g/mol. The van der Waals surface area contributed by atoms with E-state index in [4.69, 9.17) is 5.11 Å². The van der Waals surface area contributed by atoms with E-state index in [2.05, 4.69) is 17.0 Å². The first kappa shape index (κ1) is 11.0. The summed E-state index contributed by atoms with van der Waals surface area (Å²) in [5.41, 5.74) is 2.34. The Kier molecular flexibility index (Phi) is 4.06. The van der Waals surface area contributed by atoms with E-state index < -0.39 is 0 Å². The van der Waals surface area contributed by atoms with Crippen LogP contribution in [0.4, 0.5) is 0 Å². The van der Waals surface area contributed by atoms with Crippen LogP contribution in [-0.2, 0) is 13.2 Å². The number of hydrogen-bond acceptors (Lipinski definition) is 3. The summed E-state index contributed by atoms with van der Waals surface area (Å²) in [7, 11) is 0. The number of rotatable bonds is 3. The van der Waals surface area contributed by atoms with Crippen LogP contribution in [0.1, 0.15) is 11.1 Å². The van der Waals surface area contributed by atoms with Crippen LogP contribution >= 0.6 is 11.8 Å². The molecular weight excluding hydrogens is 206 g/mol. The number of benzene rings is 1. The molecule has 0 radical (unpaired) electrons. The lowest BCUT2D eigenvalue weighted by Gasteiger charge is -2.26. The van der Waals surface area contributed by atoms with Gasteiger partial charge in [0.25, 0.3) is 0 Å². The minimum absolute atomic E-state index is 0.140. The third kappa shape index (κ3) is 3.23. The first-order chi connectivity index (χ1) is 7.38. The predicted octanol–water partition coefficient (Wildman–Crippen LogP) is 1.73. The first-order valence-corrected chi connectivity index (χ1v) is 6.53. The Bertz CT molecular complexity index is 293. The van der Waals surface area contributed by atoms with E-state index in [-0.39, 0.29) is 6.61 Å². The zero-order valence-electron chi connectivity index (χ0n) is 8.85. The molecule has 1 heterocycles. The second kappa shape index (κ2) is 5.54. The number of thioether (sulfide) groups is 1. The van der Waals surface area contributed by atoms with E-state index >= 15 is 0 Å². The molecule has 1 aromatic carbocycles. The van der Waals surface area contributed by atoms with Crippen molar-refractivity contribution in [2.24, 2.45) is 0 Å². The van der Waals surface area contributed by atoms with Crippen LogP contribution in [0.3, 0.4) is 0 Å². The molecule has 1 fully saturated rings. The molecule has 1 aliphatic heterocycles. The van der Waals surface area contributed by atoms with Crippen LogP contribution < -0.4 is 0 Å². The second-order valence-corrected chi connectivity index (χ2v) is 5.09. The normalized spacial score (nSPS) is 17.9. The largest absolute Gasteiger partial charge is 0.392 e. The fourth-order valence-electron chi connectivity index (χ4n) is 1.77. The Morgan fingerprint density at radius 3 is 2.27 bits per heavy atom. The SMILES string of the molecule is OCc1ccc(CN2CCSCC2)cc1. The maximum absolute atomic E-state index is 8.94. The van der Waals surface area contributed by atoms with Gasteiger partial charge in [-0.25, -0.2) is 0 Å². The van der Waals surface area contributed by atoms with Gasteiger partial charge in [-0.05, 0) is 11.1 Å². The Hall–Kier alpha value is -0.510. The van der Waals surface area contributed by atoms with Gasteiger partial charge < -0.3 is 5.11 Å². The van der Waals surface area contributed by atoms with Gasteiger partial charge in [-0.15, -0.1) is 0 Å². The summed E-state index contributed by atoms with van der Waals surface area (Å²) >= 11 is 2.04. The van der Waals surface area contributed by atoms with E-state index in [1.807, 2.05) is 23.9 Å². The lowest BCUT2D eigenvalue weighted by atomic mass is 10.1. The number of aliphatic hydroxyl groups is 1. The van der Waals surface area contributed by atoms with Crippen molar-refractivity contribution in [2.75, 3.05) is 24.6 Å². The molecule has 2 rings (SSSR count). The summed E-state index contributed by atoms with van der Waals surface area (Å²) in [4.78, 5) is 2.49. The first-order valence-electron chi connectivity index (χ1n) is 5.37. The molecule has 0 atom stereocenters. The molecule has 0 aromatic heterocycles. The smallest absolute Gasteiger partial charge is 0.0681 e. The van der Waals surface area contributed by atoms with Crippen LogP contribution in [-0.4, -0.2) is 34.6 Å². The Morgan fingerprint density at radius 1 is 1.07 bits per heavy atom. The molecule has 1 aliphatic rings. The summed E-state index contributed by atoms with van der Waals surface area (Å²) in [6.45, 7) is 3.59. The predicted molar refractivity (Wildman–Crippen MR) is 65.0 cm³/mol. The van der Waals surface area contributed by atoms with E-state index in [1.165, 1.54) is 30.2 Å². The van der Waals surface area contributed by atoms with E-state index in [1.54, 1.807) is 0 Å². The minimum Gasteiger partial charge on any atom is -0.392 e. The summed E-state index contributed by atoms with van der Waals surface area (Å²) in [6, 6.07) is 8.25. The van der Waals surface area contributed by atoms with Crippen LogP contribution in [0.25, 0.3) is 0 Å². The van der Waals surface area contributed by atoms with E-state index in [0.717, 1.165) is 12.1 Å². The second-order valence-electron chi connectivity index (χ2n) is 3.86. The van der Waals surface area contributed by atoms with Crippen molar-refractivity contribution in [3.05, 3.63) is 35.4 Å². The molecule has 1 saturated heterocycles. The maximum Gasteiger partial charge on any atom is 0.0681 e. The molecule has 1 N–H and O–H groups in total. The lowest BCUT2D eigenvalue weighted by Crippen LogP contribution is -2.31. The number of hydrogen-bond donors (Lipinski definition) is 1. The van der Waals surface area contributed by atoms with Crippen molar-refractivity contribution in [1.82, 2.24) is 4.90 Å². The molecule has 82 valence electrons. The highest BCUT2D eigenvalue weighted by Gasteiger charge is 2.10. The third-order valence-electron chi connectivity index (χ3n) is 2.72. The van der Waals surface area contributed by atoms with Gasteiger partial charge in [-0.2, -0.15) is 11.8 Å². The topological polar surface area (TPSA) is 23.5 Å². The van der Waals surface area contributed by atoms with Crippen LogP contribution in [0, 0.1) is 0 Å². The van der Waals surface area contributed by atoms with Gasteiger partial charge in [-0.1, -0.05) is 24.3 Å². The molecule has 3 heteroatoms. The standard InChI is InChI=1S/C12H17NOS/c14-10-12-3-1-11(2-4-12)9-13-5-7-15-8-6-13/h1-4,14H,5-10H2. The molecule has 1 aromatic rings. The molecular formula is C12H17NOS. The highest BCUT2D eigenvalue weighted by Crippen LogP contribution is 2.13. The Labute approximate surface area is 95.3 Å². The van der Waals surface area contributed by atoms with Crippen LogP contribution in [0.5, 0.6) is 0 Å². The summed E-state index contributed by atoms with van der Waals surface area (Å²) in [5, 5.41) is 8.94. The highest BCUT2D eigenvalue weighted by molar-refractivity contribution is 7.99. The zero-order valence-corrected chi connectivity index (χ0v) is 9.67. The molecule has 0 bridgehead atoms. The Balaban J connectivity index is 1.91. The van der Waals surface area contributed by atoms with Crippen molar-refractivity contribution in [3.8, 4) is 0 Å². The number of nitrogens with zero attached hydrogens (tertiary/aromatic N) is 1. The molecule has 0 spiro atoms. The summed E-state index contributed by atoms with van der Waals surface area (Å²) in [6.07, 6.45) is 0. The van der Waals surface area contributed by atoms with Crippen molar-refractivity contribution in [2.45, 2.75) is 13.2 Å². The van der Waals surface area contributed by atoms with Crippen molar-refractivity contribution in [1.29, 1.82) is 0 Å². The number of aliphatic hydroxyl groups excluding tert-OH is 1. The van der Waals surface area contributed by atoms with Gasteiger partial charge >= 0.3 is 0 Å². The fraction of sp³-hybridized carbons (Fsp3) is 0.500. The van der Waals surface area contributed by atoms with E-state index in [0.29, 0.717) is 0 Å². The molecule has 2 nitrogen and oxygen atoms in total. The molecule has 0 aliphatic carbocycles. The summed E-state index contributed by atoms with van der Waals surface area (Å²) < 4.78 is 0. The average Bonchev–Trinajstić information content (AvgIpc) is 2.31. The van der Waals surface area contributed by atoms with Gasteiger partial charge in [-0.3, -0.25) is 4.90 Å². The lowest BCUT2D eigenvalue weighted by molar-refractivity contribution is 0.281. The quantitative estimate of drug-likeness (QED) is 0.844. The van der Waals surface area contributed by atoms with Gasteiger partial charge in [0.1, 0.15) is 0 Å². The van der Waals surface area contributed by atoms with Crippen molar-refractivity contribution in [3.63, 3.8) is 0 Å². The van der Waals surface area contributed by atoms with Gasteiger partial charge in [0.15, 0.2) is 0 Å². The van der Waals surface area contributed by atoms with Gasteiger partial charge in [0, 0.05) is 31.1 Å². The Morgan fingerprint density at radius 2 is 1.67 bits per heavy atom. The minimum atomic E-state index is 0.140. The molecule has 0 saturated carbocycles. The van der Waals surface area contributed by atoms with Gasteiger partial charge in [0.05, 0.1) is 6.61 Å². The van der Waals surface area contributed by atoms with E-state index in [9.17, 15) is 0 Å². The maximum atomic E-state index is 8.94. The van der Waals surface area contributed by atoms with Crippen molar-refractivity contribution >= 4 is 11.8 Å². The van der Waals surface area contributed by atoms with Gasteiger partial charge in [0.2, 0.25) is 0 Å². The monoisotopic (exact) mass is 223 g/mol. The van der Waals surface area contributed by atoms with Crippen LogP contribution in [0.2, 0.25) is 0 Å². The van der Waals surface area contributed by atoms with Crippen molar-refractivity contribution < 1.29 is 5.11 Å². The highest BCUT2D eigenvalue weighted by atomic mass is 32.2. The molecule has 15 heavy (non-hydrogen) atoms.